The van der Waals surface area contributed by atoms with Crippen molar-refractivity contribution >= 4 is 15.9 Å². The van der Waals surface area contributed by atoms with Crippen LogP contribution in [-0.4, -0.2) is 14.2 Å². The number of hydrogen-bond acceptors (Lipinski definition) is 3. The Bertz CT molecular complexity index is 482. The van der Waals surface area contributed by atoms with Gasteiger partial charge in [-0.25, -0.2) is 0 Å². The summed E-state index contributed by atoms with van der Waals surface area (Å²) in [4.78, 5) is 0. The molecule has 1 aliphatic rings. The van der Waals surface area contributed by atoms with Crippen LogP contribution in [0.5, 0.6) is 11.5 Å². The van der Waals surface area contributed by atoms with Crippen molar-refractivity contribution in [1.82, 2.24) is 0 Å². The lowest BCUT2D eigenvalue weighted by atomic mass is 9.70. The lowest BCUT2D eigenvalue weighted by molar-refractivity contribution is 0.248. The molecule has 0 amide bonds. The maximum atomic E-state index is 6.53. The van der Waals surface area contributed by atoms with Gasteiger partial charge in [-0.1, -0.05) is 13.8 Å². The minimum Gasteiger partial charge on any atom is -0.493 e. The fourth-order valence-corrected chi connectivity index (χ4v) is 3.40. The molecule has 0 bridgehead atoms. The fraction of sp³-hybridized carbons (Fsp3) is 0.600. The fourth-order valence-electron chi connectivity index (χ4n) is 2.83. The normalized spacial score (nSPS) is 17.2. The van der Waals surface area contributed by atoms with E-state index in [-0.39, 0.29) is 5.54 Å². The average Bonchev–Trinajstić information content (AvgIpc) is 2.33. The van der Waals surface area contributed by atoms with Gasteiger partial charge in [-0.15, -0.1) is 0 Å². The largest absolute Gasteiger partial charge is 0.493 e. The summed E-state index contributed by atoms with van der Waals surface area (Å²) >= 11 is 3.57. The molecule has 3 nitrogen and oxygen atoms in total. The van der Waals surface area contributed by atoms with Gasteiger partial charge >= 0.3 is 0 Å². The molecule has 4 heteroatoms. The second kappa shape index (κ2) is 5.33. The van der Waals surface area contributed by atoms with Crippen LogP contribution in [0.15, 0.2) is 10.5 Å². The number of methoxy groups -OCH3 is 2. The summed E-state index contributed by atoms with van der Waals surface area (Å²) < 4.78 is 12.0. The van der Waals surface area contributed by atoms with Crippen molar-refractivity contribution in [3.63, 3.8) is 0 Å². The van der Waals surface area contributed by atoms with Crippen molar-refractivity contribution in [2.24, 2.45) is 5.73 Å². The van der Waals surface area contributed by atoms with Gasteiger partial charge in [0.15, 0.2) is 11.5 Å². The summed E-state index contributed by atoms with van der Waals surface area (Å²) in [7, 11) is 3.35. The highest BCUT2D eigenvalue weighted by molar-refractivity contribution is 9.10. The van der Waals surface area contributed by atoms with Crippen molar-refractivity contribution < 1.29 is 9.47 Å². The monoisotopic (exact) mass is 327 g/mol. The van der Waals surface area contributed by atoms with E-state index in [4.69, 9.17) is 15.2 Å². The molecule has 19 heavy (non-hydrogen) atoms. The van der Waals surface area contributed by atoms with E-state index in [1.807, 2.05) is 0 Å². The molecule has 0 radical (unpaired) electrons. The Hall–Kier alpha value is -0.740. The molecule has 0 unspecified atom stereocenters. The van der Waals surface area contributed by atoms with Gasteiger partial charge < -0.3 is 15.2 Å². The van der Waals surface area contributed by atoms with Crippen LogP contribution in [0.1, 0.15) is 50.2 Å². The summed E-state index contributed by atoms with van der Waals surface area (Å²) in [6, 6.07) is 2.11. The summed E-state index contributed by atoms with van der Waals surface area (Å²) in [6.45, 7) is 4.33. The van der Waals surface area contributed by atoms with Crippen molar-refractivity contribution in [3.05, 3.63) is 21.7 Å². The number of benzene rings is 1. The first-order valence-corrected chi connectivity index (χ1v) is 7.47. The lowest BCUT2D eigenvalue weighted by Crippen LogP contribution is -2.44. The Balaban J connectivity index is 2.69. The van der Waals surface area contributed by atoms with E-state index < -0.39 is 0 Å². The predicted molar refractivity (Wildman–Crippen MR) is 81.1 cm³/mol. The van der Waals surface area contributed by atoms with Crippen LogP contribution in [-0.2, 0) is 5.54 Å². The molecule has 0 aromatic heterocycles. The molecule has 1 aliphatic carbocycles. The second-order valence-electron chi connectivity index (χ2n) is 5.55. The van der Waals surface area contributed by atoms with Gasteiger partial charge in [0.2, 0.25) is 0 Å². The quantitative estimate of drug-likeness (QED) is 0.911. The van der Waals surface area contributed by atoms with Gasteiger partial charge in [-0.2, -0.15) is 0 Å². The zero-order valence-corrected chi connectivity index (χ0v) is 13.6. The van der Waals surface area contributed by atoms with E-state index in [0.717, 1.165) is 28.8 Å². The molecule has 0 heterocycles. The molecule has 1 aromatic rings. The van der Waals surface area contributed by atoms with Gasteiger partial charge in [0, 0.05) is 11.1 Å². The Morgan fingerprint density at radius 1 is 1.21 bits per heavy atom. The second-order valence-corrected chi connectivity index (χ2v) is 6.40. The van der Waals surface area contributed by atoms with Crippen LogP contribution in [0.2, 0.25) is 0 Å². The molecule has 1 fully saturated rings. The molecule has 1 aromatic carbocycles. The minimum absolute atomic E-state index is 0.207. The Labute approximate surface area is 123 Å². The predicted octanol–water partition coefficient (Wildman–Crippen LogP) is 3.93. The highest BCUT2D eigenvalue weighted by atomic mass is 79.9. The third-order valence-electron chi connectivity index (χ3n) is 4.00. The average molecular weight is 328 g/mol. The standard InChI is InChI=1S/C15H22BrNO2/c1-9(2)12-10(15(17)6-5-7-15)8-11(16)13(18-3)14(12)19-4/h8-9H,5-7,17H2,1-4H3. The van der Waals surface area contributed by atoms with Crippen LogP contribution >= 0.6 is 15.9 Å². The number of hydrogen-bond donors (Lipinski definition) is 1. The molecule has 0 atom stereocenters. The van der Waals surface area contributed by atoms with Gasteiger partial charge in [-0.05, 0) is 52.7 Å². The number of rotatable bonds is 4. The first-order chi connectivity index (χ1) is 8.94. The molecule has 0 saturated heterocycles. The molecular weight excluding hydrogens is 306 g/mol. The Morgan fingerprint density at radius 3 is 2.16 bits per heavy atom. The molecule has 2 rings (SSSR count). The van der Waals surface area contributed by atoms with Crippen molar-refractivity contribution in [3.8, 4) is 11.5 Å². The SMILES string of the molecule is COc1c(Br)cc(C2(N)CCC2)c(C(C)C)c1OC. The van der Waals surface area contributed by atoms with Crippen molar-refractivity contribution in [2.45, 2.75) is 44.6 Å². The zero-order valence-electron chi connectivity index (χ0n) is 12.0. The molecule has 0 spiro atoms. The number of halogens is 1. The van der Waals surface area contributed by atoms with Crippen LogP contribution in [0.25, 0.3) is 0 Å². The highest BCUT2D eigenvalue weighted by Crippen LogP contribution is 2.50. The summed E-state index contributed by atoms with van der Waals surface area (Å²) in [5.74, 6) is 1.89. The highest BCUT2D eigenvalue weighted by Gasteiger charge is 2.38. The number of ether oxygens (including phenoxy) is 2. The topological polar surface area (TPSA) is 44.5 Å². The third-order valence-corrected chi connectivity index (χ3v) is 4.59. The molecule has 2 N–H and O–H groups in total. The van der Waals surface area contributed by atoms with Crippen molar-refractivity contribution in [1.29, 1.82) is 0 Å². The van der Waals surface area contributed by atoms with Crippen LogP contribution in [0.4, 0.5) is 0 Å². The van der Waals surface area contributed by atoms with Crippen LogP contribution in [0.3, 0.4) is 0 Å². The van der Waals surface area contributed by atoms with E-state index in [2.05, 4.69) is 35.8 Å². The van der Waals surface area contributed by atoms with Gasteiger partial charge in [-0.3, -0.25) is 0 Å². The van der Waals surface area contributed by atoms with Crippen LogP contribution < -0.4 is 15.2 Å². The maximum absolute atomic E-state index is 6.53. The van der Waals surface area contributed by atoms with E-state index in [1.54, 1.807) is 14.2 Å². The van der Waals surface area contributed by atoms with Gasteiger partial charge in [0.1, 0.15) is 0 Å². The van der Waals surface area contributed by atoms with Crippen LogP contribution in [0, 0.1) is 0 Å². The van der Waals surface area contributed by atoms with E-state index in [9.17, 15) is 0 Å². The number of nitrogens with two attached hydrogens (primary N) is 1. The molecule has 0 aliphatic heterocycles. The first kappa shape index (κ1) is 14.7. The lowest BCUT2D eigenvalue weighted by Gasteiger charge is -2.41. The molecule has 106 valence electrons. The summed E-state index contributed by atoms with van der Waals surface area (Å²) in [5, 5.41) is 0. The summed E-state index contributed by atoms with van der Waals surface area (Å²) in [6.07, 6.45) is 3.27. The van der Waals surface area contributed by atoms with E-state index in [0.29, 0.717) is 5.92 Å². The van der Waals surface area contributed by atoms with Gasteiger partial charge in [0.05, 0.1) is 18.7 Å². The Morgan fingerprint density at radius 2 is 1.79 bits per heavy atom. The zero-order chi connectivity index (χ0) is 14.2. The van der Waals surface area contributed by atoms with Crippen molar-refractivity contribution in [2.75, 3.05) is 14.2 Å². The Kier molecular flexibility index (Phi) is 4.11. The summed E-state index contributed by atoms with van der Waals surface area (Å²) in [5.41, 5.74) is 8.69. The van der Waals surface area contributed by atoms with Gasteiger partial charge in [0.25, 0.3) is 0 Å². The molecular formula is C15H22BrNO2. The van der Waals surface area contributed by atoms with E-state index in [1.165, 1.54) is 17.5 Å². The smallest absolute Gasteiger partial charge is 0.175 e. The third kappa shape index (κ3) is 2.36. The van der Waals surface area contributed by atoms with E-state index >= 15 is 0 Å². The maximum Gasteiger partial charge on any atom is 0.175 e. The molecule has 1 saturated carbocycles. The minimum atomic E-state index is -0.207. The first-order valence-electron chi connectivity index (χ1n) is 6.68.